The van der Waals surface area contributed by atoms with Crippen LogP contribution in [0, 0.1) is 0 Å². The van der Waals surface area contributed by atoms with Crippen molar-refractivity contribution >= 4 is 56.7 Å². The summed E-state index contributed by atoms with van der Waals surface area (Å²) in [5, 5.41) is 12.4. The average Bonchev–Trinajstić information content (AvgIpc) is 2.57. The second-order valence-corrected chi connectivity index (χ2v) is 5.55. The van der Waals surface area contributed by atoms with Crippen LogP contribution in [0.5, 0.6) is 0 Å². The Labute approximate surface area is 139 Å². The SMILES string of the molecule is CNC(=S)N/N=C\c1c2ccccc2c(Cl)c2ccccc12. The molecule has 3 nitrogen and oxygen atoms in total. The second kappa shape index (κ2) is 6.30. The van der Waals surface area contributed by atoms with Crippen LogP contribution in [0.4, 0.5) is 0 Å². The minimum atomic E-state index is 0.471. The monoisotopic (exact) mass is 327 g/mol. The summed E-state index contributed by atoms with van der Waals surface area (Å²) < 4.78 is 0. The van der Waals surface area contributed by atoms with Crippen molar-refractivity contribution in [1.82, 2.24) is 10.7 Å². The van der Waals surface area contributed by atoms with Gasteiger partial charge in [-0.15, -0.1) is 0 Å². The lowest BCUT2D eigenvalue weighted by molar-refractivity contribution is 0.982. The molecule has 5 heteroatoms. The van der Waals surface area contributed by atoms with Gasteiger partial charge in [0.05, 0.1) is 11.2 Å². The zero-order chi connectivity index (χ0) is 15.5. The van der Waals surface area contributed by atoms with E-state index in [0.29, 0.717) is 5.11 Å². The number of hydrazone groups is 1. The molecule has 2 N–H and O–H groups in total. The Bertz CT molecular complexity index is 833. The van der Waals surface area contributed by atoms with Crippen LogP contribution in [-0.2, 0) is 0 Å². The number of benzene rings is 3. The minimum Gasteiger partial charge on any atom is -0.364 e. The smallest absolute Gasteiger partial charge is 0.186 e. The molecule has 3 aromatic carbocycles. The maximum atomic E-state index is 6.56. The number of hydrogen-bond acceptors (Lipinski definition) is 2. The molecule has 3 aromatic rings. The van der Waals surface area contributed by atoms with Crippen LogP contribution in [0.15, 0.2) is 53.6 Å². The Morgan fingerprint density at radius 1 is 1.00 bits per heavy atom. The van der Waals surface area contributed by atoms with Crippen LogP contribution in [0.1, 0.15) is 5.56 Å². The van der Waals surface area contributed by atoms with E-state index in [-0.39, 0.29) is 0 Å². The number of hydrogen-bond donors (Lipinski definition) is 2. The zero-order valence-electron chi connectivity index (χ0n) is 11.9. The van der Waals surface area contributed by atoms with Gasteiger partial charge in [0.2, 0.25) is 0 Å². The van der Waals surface area contributed by atoms with Gasteiger partial charge in [0.1, 0.15) is 0 Å². The first-order valence-electron chi connectivity index (χ1n) is 6.82. The van der Waals surface area contributed by atoms with Crippen molar-refractivity contribution < 1.29 is 0 Å². The van der Waals surface area contributed by atoms with Crippen molar-refractivity contribution in [2.24, 2.45) is 5.10 Å². The van der Waals surface area contributed by atoms with Gasteiger partial charge in [-0.05, 0) is 23.0 Å². The van der Waals surface area contributed by atoms with Crippen LogP contribution in [0.25, 0.3) is 21.5 Å². The minimum absolute atomic E-state index is 0.471. The molecule has 0 amide bonds. The molecule has 3 rings (SSSR count). The molecule has 0 bridgehead atoms. The maximum Gasteiger partial charge on any atom is 0.186 e. The van der Waals surface area contributed by atoms with E-state index in [4.69, 9.17) is 23.8 Å². The van der Waals surface area contributed by atoms with E-state index in [0.717, 1.165) is 32.1 Å². The summed E-state index contributed by atoms with van der Waals surface area (Å²) in [6, 6.07) is 16.1. The summed E-state index contributed by atoms with van der Waals surface area (Å²) in [7, 11) is 1.75. The number of thiocarbonyl (C=S) groups is 1. The number of nitrogens with one attached hydrogen (secondary N) is 2. The highest BCUT2D eigenvalue weighted by molar-refractivity contribution is 7.80. The fraction of sp³-hybridized carbons (Fsp3) is 0.0588. The third kappa shape index (κ3) is 2.63. The Morgan fingerprint density at radius 2 is 1.50 bits per heavy atom. The summed E-state index contributed by atoms with van der Waals surface area (Å²) in [6.07, 6.45) is 1.78. The van der Waals surface area contributed by atoms with E-state index in [1.54, 1.807) is 13.3 Å². The predicted molar refractivity (Wildman–Crippen MR) is 98.9 cm³/mol. The average molecular weight is 328 g/mol. The van der Waals surface area contributed by atoms with Gasteiger partial charge >= 0.3 is 0 Å². The van der Waals surface area contributed by atoms with Gasteiger partial charge in [0.25, 0.3) is 0 Å². The molecular weight excluding hydrogens is 314 g/mol. The van der Waals surface area contributed by atoms with Gasteiger partial charge in [-0.1, -0.05) is 60.1 Å². The van der Waals surface area contributed by atoms with Crippen LogP contribution in [-0.4, -0.2) is 18.4 Å². The molecule has 0 atom stereocenters. The first kappa shape index (κ1) is 14.8. The van der Waals surface area contributed by atoms with Crippen molar-refractivity contribution in [1.29, 1.82) is 0 Å². The van der Waals surface area contributed by atoms with Gasteiger partial charge in [0, 0.05) is 23.4 Å². The zero-order valence-corrected chi connectivity index (χ0v) is 13.5. The third-order valence-corrected chi connectivity index (χ3v) is 4.20. The number of nitrogens with zero attached hydrogens (tertiary/aromatic N) is 1. The molecule has 0 aliphatic carbocycles. The van der Waals surface area contributed by atoms with E-state index in [2.05, 4.69) is 15.8 Å². The first-order chi connectivity index (χ1) is 10.7. The van der Waals surface area contributed by atoms with E-state index in [1.807, 2.05) is 48.5 Å². The standard InChI is InChI=1S/C17H14ClN3S/c1-19-17(22)21-20-10-15-11-6-2-4-8-13(11)16(18)14-9-5-3-7-12(14)15/h2-10H,1H3,(H2,19,21,22)/b20-10-. The highest BCUT2D eigenvalue weighted by atomic mass is 35.5. The predicted octanol–water partition coefficient (Wildman–Crippen LogP) is 4.07. The van der Waals surface area contributed by atoms with E-state index in [1.165, 1.54) is 0 Å². The Balaban J connectivity index is 2.25. The molecule has 0 unspecified atom stereocenters. The van der Waals surface area contributed by atoms with Gasteiger partial charge in [-0.25, -0.2) is 0 Å². The summed E-state index contributed by atoms with van der Waals surface area (Å²) in [6.45, 7) is 0. The van der Waals surface area contributed by atoms with Crippen molar-refractivity contribution in [2.75, 3.05) is 7.05 Å². The summed E-state index contributed by atoms with van der Waals surface area (Å²) in [5.74, 6) is 0. The third-order valence-electron chi connectivity index (χ3n) is 3.49. The Morgan fingerprint density at radius 3 is 2.00 bits per heavy atom. The Kier molecular flexibility index (Phi) is 4.22. The van der Waals surface area contributed by atoms with Crippen LogP contribution >= 0.6 is 23.8 Å². The summed E-state index contributed by atoms with van der Waals surface area (Å²) in [5.41, 5.74) is 3.80. The summed E-state index contributed by atoms with van der Waals surface area (Å²) >= 11 is 11.6. The van der Waals surface area contributed by atoms with Crippen molar-refractivity contribution in [3.05, 3.63) is 59.1 Å². The normalized spacial score (nSPS) is 11.2. The molecule has 0 heterocycles. The molecule has 0 fully saturated rings. The molecule has 0 saturated heterocycles. The molecule has 110 valence electrons. The van der Waals surface area contributed by atoms with E-state index < -0.39 is 0 Å². The van der Waals surface area contributed by atoms with E-state index in [9.17, 15) is 0 Å². The van der Waals surface area contributed by atoms with Crippen LogP contribution < -0.4 is 10.7 Å². The van der Waals surface area contributed by atoms with Gasteiger partial charge in [-0.3, -0.25) is 5.43 Å². The lowest BCUT2D eigenvalue weighted by atomic mass is 9.97. The van der Waals surface area contributed by atoms with Crippen LogP contribution in [0.3, 0.4) is 0 Å². The lowest BCUT2D eigenvalue weighted by Crippen LogP contribution is -2.28. The van der Waals surface area contributed by atoms with E-state index >= 15 is 0 Å². The largest absolute Gasteiger partial charge is 0.364 e. The topological polar surface area (TPSA) is 36.4 Å². The van der Waals surface area contributed by atoms with Crippen molar-refractivity contribution in [3.8, 4) is 0 Å². The number of halogens is 1. The molecule has 0 aliphatic heterocycles. The highest BCUT2D eigenvalue weighted by Crippen LogP contribution is 2.35. The fourth-order valence-electron chi connectivity index (χ4n) is 2.46. The molecule has 0 aliphatic rings. The summed E-state index contributed by atoms with van der Waals surface area (Å²) in [4.78, 5) is 0. The number of fused-ring (bicyclic) bond motifs is 2. The molecule has 0 aromatic heterocycles. The molecule has 0 saturated carbocycles. The fourth-order valence-corrected chi connectivity index (χ4v) is 2.84. The lowest BCUT2D eigenvalue weighted by Gasteiger charge is -2.10. The molecule has 22 heavy (non-hydrogen) atoms. The van der Waals surface area contributed by atoms with Gasteiger partial charge in [0.15, 0.2) is 5.11 Å². The first-order valence-corrected chi connectivity index (χ1v) is 7.60. The molecular formula is C17H14ClN3S. The number of rotatable bonds is 2. The van der Waals surface area contributed by atoms with Gasteiger partial charge in [-0.2, -0.15) is 5.10 Å². The second-order valence-electron chi connectivity index (χ2n) is 4.77. The van der Waals surface area contributed by atoms with Crippen molar-refractivity contribution in [2.45, 2.75) is 0 Å². The van der Waals surface area contributed by atoms with Crippen molar-refractivity contribution in [3.63, 3.8) is 0 Å². The van der Waals surface area contributed by atoms with Crippen LogP contribution in [0.2, 0.25) is 5.02 Å². The highest BCUT2D eigenvalue weighted by Gasteiger charge is 2.10. The molecule has 0 radical (unpaired) electrons. The van der Waals surface area contributed by atoms with Gasteiger partial charge < -0.3 is 5.32 Å². The quantitative estimate of drug-likeness (QED) is 0.322. The molecule has 0 spiro atoms. The maximum absolute atomic E-state index is 6.56. The Hall–Kier alpha value is -2.17.